The van der Waals surface area contributed by atoms with Gasteiger partial charge in [-0.2, -0.15) is 0 Å². The Labute approximate surface area is 73.5 Å². The molecule has 0 aromatic rings. The topological polar surface area (TPSA) is 142 Å². The molecule has 0 aliphatic carbocycles. The summed E-state index contributed by atoms with van der Waals surface area (Å²) in [4.78, 5) is 10.5. The third kappa shape index (κ3) is 1.89. The van der Waals surface area contributed by atoms with Crippen LogP contribution >= 0.6 is 0 Å². The summed E-state index contributed by atoms with van der Waals surface area (Å²) < 4.78 is 4.32. The Morgan fingerprint density at radius 1 is 1.46 bits per heavy atom. The van der Waals surface area contributed by atoms with Crippen molar-refractivity contribution in [2.45, 2.75) is 12.2 Å². The van der Waals surface area contributed by atoms with Crippen molar-refractivity contribution in [2.75, 3.05) is 6.61 Å². The summed E-state index contributed by atoms with van der Waals surface area (Å²) in [6.07, 6.45) is -2.78. The van der Waals surface area contributed by atoms with Gasteiger partial charge in [-0.15, -0.1) is 0 Å². The summed E-state index contributed by atoms with van der Waals surface area (Å²) in [7, 11) is 0. The van der Waals surface area contributed by atoms with Gasteiger partial charge in [0.1, 0.15) is 6.10 Å². The molecule has 1 rings (SSSR count). The number of rotatable bonds is 2. The van der Waals surface area contributed by atoms with Gasteiger partial charge in [-0.1, -0.05) is 0 Å². The van der Waals surface area contributed by atoms with E-state index in [4.69, 9.17) is 20.4 Å². The molecule has 0 saturated heterocycles. The number of aliphatic hydroxyl groups is 4. The van der Waals surface area contributed by atoms with E-state index in [0.717, 1.165) is 0 Å². The van der Waals surface area contributed by atoms with E-state index in [1.165, 1.54) is 0 Å². The molecule has 1 aliphatic rings. The maximum Gasteiger partial charge on any atom is 0.377 e. The highest BCUT2D eigenvalue weighted by atomic mass is 16.6. The zero-order chi connectivity index (χ0) is 9.30. The van der Waals surface area contributed by atoms with Crippen molar-refractivity contribution in [1.82, 2.24) is 6.15 Å². The fraction of sp³-hybridized carbons (Fsp3) is 0.500. The van der Waals surface area contributed by atoms with Crippen LogP contribution in [-0.2, 0) is 9.53 Å². The quantitative estimate of drug-likeness (QED) is 0.345. The van der Waals surface area contributed by atoms with E-state index in [2.05, 4.69) is 4.74 Å². The first-order valence-electron chi connectivity index (χ1n) is 3.20. The second-order valence-corrected chi connectivity index (χ2v) is 2.31. The Hall–Kier alpha value is -1.31. The Balaban J connectivity index is 0.00000144. The number of esters is 1. The van der Waals surface area contributed by atoms with Crippen molar-refractivity contribution in [3.05, 3.63) is 11.5 Å². The molecule has 0 bridgehead atoms. The minimum Gasteiger partial charge on any atom is -0.505 e. The van der Waals surface area contributed by atoms with Gasteiger partial charge in [-0.05, 0) is 0 Å². The van der Waals surface area contributed by atoms with E-state index in [0.29, 0.717) is 0 Å². The lowest BCUT2D eigenvalue weighted by Gasteiger charge is -2.13. The zero-order valence-electron chi connectivity index (χ0n) is 6.67. The molecule has 2 atom stereocenters. The van der Waals surface area contributed by atoms with Gasteiger partial charge in [-0.25, -0.2) is 4.79 Å². The van der Waals surface area contributed by atoms with Gasteiger partial charge >= 0.3 is 5.97 Å². The van der Waals surface area contributed by atoms with Crippen LogP contribution in [0.2, 0.25) is 0 Å². The third-order valence-corrected chi connectivity index (χ3v) is 1.48. The number of carbonyl (C=O) groups is 1. The monoisotopic (exact) mass is 193 g/mol. The van der Waals surface area contributed by atoms with Crippen LogP contribution in [0.15, 0.2) is 11.5 Å². The second kappa shape index (κ2) is 4.08. The van der Waals surface area contributed by atoms with E-state index in [1.54, 1.807) is 0 Å². The van der Waals surface area contributed by atoms with Crippen molar-refractivity contribution in [1.29, 1.82) is 0 Å². The molecule has 0 fully saturated rings. The summed E-state index contributed by atoms with van der Waals surface area (Å²) in [5.74, 6) is -2.78. The van der Waals surface area contributed by atoms with Gasteiger partial charge in [-0.3, -0.25) is 0 Å². The van der Waals surface area contributed by atoms with Crippen molar-refractivity contribution >= 4 is 5.97 Å². The largest absolute Gasteiger partial charge is 0.505 e. The molecule has 0 aromatic heterocycles. The van der Waals surface area contributed by atoms with Crippen LogP contribution in [0.4, 0.5) is 0 Å². The summed E-state index contributed by atoms with van der Waals surface area (Å²) in [6.45, 7) is -0.671. The molecule has 1 aliphatic heterocycles. The highest BCUT2D eigenvalue weighted by molar-refractivity contribution is 5.89. The van der Waals surface area contributed by atoms with Crippen molar-refractivity contribution < 1.29 is 30.0 Å². The van der Waals surface area contributed by atoms with Crippen molar-refractivity contribution in [3.8, 4) is 0 Å². The van der Waals surface area contributed by atoms with Crippen LogP contribution < -0.4 is 6.15 Å². The molecule has 0 saturated carbocycles. The van der Waals surface area contributed by atoms with Gasteiger partial charge < -0.3 is 31.3 Å². The molecule has 0 amide bonds. The molecule has 0 radical (unpaired) electrons. The van der Waals surface area contributed by atoms with Crippen LogP contribution in [0, 0.1) is 0 Å². The van der Waals surface area contributed by atoms with Gasteiger partial charge in [0.05, 0.1) is 6.61 Å². The number of hydrogen-bond acceptors (Lipinski definition) is 7. The van der Waals surface area contributed by atoms with E-state index in [1.807, 2.05) is 0 Å². The Morgan fingerprint density at radius 2 is 2.00 bits per heavy atom. The predicted molar refractivity (Wildman–Crippen MR) is 40.3 cm³/mol. The number of aliphatic hydroxyl groups excluding tert-OH is 4. The van der Waals surface area contributed by atoms with E-state index >= 15 is 0 Å². The minimum absolute atomic E-state index is 0. The molecule has 7 nitrogen and oxygen atoms in total. The SMILES string of the molecule is N.O=C1O[C@H]([C@@H](O)CO)C(O)=C1O. The molecule has 0 aromatic carbocycles. The van der Waals surface area contributed by atoms with Gasteiger partial charge in [0.2, 0.25) is 5.76 Å². The van der Waals surface area contributed by atoms with Crippen LogP contribution in [-0.4, -0.2) is 45.2 Å². The zero-order valence-corrected chi connectivity index (χ0v) is 6.67. The van der Waals surface area contributed by atoms with E-state index < -0.39 is 36.3 Å². The van der Waals surface area contributed by atoms with Crippen LogP contribution in [0.3, 0.4) is 0 Å². The van der Waals surface area contributed by atoms with Gasteiger partial charge in [0, 0.05) is 0 Å². The van der Waals surface area contributed by atoms with Crippen LogP contribution in [0.25, 0.3) is 0 Å². The Kier molecular flexibility index (Phi) is 3.67. The fourth-order valence-electron chi connectivity index (χ4n) is 0.823. The summed E-state index contributed by atoms with van der Waals surface area (Å²) >= 11 is 0. The maximum absolute atomic E-state index is 10.5. The van der Waals surface area contributed by atoms with Crippen molar-refractivity contribution in [3.63, 3.8) is 0 Å². The molecule has 1 heterocycles. The minimum atomic E-state index is -1.42. The molecule has 7 N–H and O–H groups in total. The van der Waals surface area contributed by atoms with Gasteiger partial charge in [0.25, 0.3) is 0 Å². The summed E-state index contributed by atoms with van der Waals surface area (Å²) in [5.41, 5.74) is 0. The number of ether oxygens (including phenoxy) is 1. The normalized spacial score (nSPS) is 23.8. The number of carbonyl (C=O) groups excluding carboxylic acids is 1. The molecule has 7 heteroatoms. The van der Waals surface area contributed by atoms with Gasteiger partial charge in [0.15, 0.2) is 11.9 Å². The molecular weight excluding hydrogens is 182 g/mol. The lowest BCUT2D eigenvalue weighted by Crippen LogP contribution is -2.31. The molecular formula is C6H11NO6. The molecule has 0 spiro atoms. The standard InChI is InChI=1S/C6H8O6.H3N/c7-1-2(8)5-3(9)4(10)6(11)12-5;/h2,5,7-10H,1H2;1H3/t2-,5+;/m0./s1. The Bertz CT molecular complexity index is 237. The summed E-state index contributed by atoms with van der Waals surface area (Å²) in [6, 6.07) is 0. The van der Waals surface area contributed by atoms with E-state index in [9.17, 15) is 4.79 Å². The first kappa shape index (κ1) is 11.7. The lowest BCUT2D eigenvalue weighted by atomic mass is 10.2. The molecule has 0 unspecified atom stereocenters. The van der Waals surface area contributed by atoms with Crippen molar-refractivity contribution in [2.24, 2.45) is 0 Å². The third-order valence-electron chi connectivity index (χ3n) is 1.48. The highest BCUT2D eigenvalue weighted by Gasteiger charge is 2.38. The van der Waals surface area contributed by atoms with Crippen LogP contribution in [0.1, 0.15) is 0 Å². The predicted octanol–water partition coefficient (Wildman–Crippen LogP) is -1.25. The Morgan fingerprint density at radius 3 is 2.31 bits per heavy atom. The second-order valence-electron chi connectivity index (χ2n) is 2.31. The average molecular weight is 193 g/mol. The molecule has 76 valence electrons. The first-order chi connectivity index (χ1) is 5.57. The number of cyclic esters (lactones) is 1. The smallest absolute Gasteiger partial charge is 0.377 e. The average Bonchev–Trinajstić information content (AvgIpc) is 2.32. The summed E-state index contributed by atoms with van der Waals surface area (Å²) in [5, 5.41) is 35.0. The highest BCUT2D eigenvalue weighted by Crippen LogP contribution is 2.20. The molecule has 13 heavy (non-hydrogen) atoms. The number of hydrogen-bond donors (Lipinski definition) is 5. The fourth-order valence-corrected chi connectivity index (χ4v) is 0.823. The van der Waals surface area contributed by atoms with E-state index in [-0.39, 0.29) is 6.15 Å². The van der Waals surface area contributed by atoms with Crippen LogP contribution in [0.5, 0.6) is 0 Å². The lowest BCUT2D eigenvalue weighted by molar-refractivity contribution is -0.147. The first-order valence-corrected chi connectivity index (χ1v) is 3.20. The maximum atomic E-state index is 10.5.